The highest BCUT2D eigenvalue weighted by Gasteiger charge is 2.32. The van der Waals surface area contributed by atoms with E-state index in [1.54, 1.807) is 0 Å². The summed E-state index contributed by atoms with van der Waals surface area (Å²) in [5.74, 6) is 1.13. The van der Waals surface area contributed by atoms with Crippen molar-refractivity contribution in [3.05, 3.63) is 0 Å². The van der Waals surface area contributed by atoms with Gasteiger partial charge in [0.05, 0.1) is 16.4 Å². The Morgan fingerprint density at radius 2 is 1.70 bits per heavy atom. The smallest absolute Gasteiger partial charge is 0.184 e. The monoisotopic (exact) mass is 326 g/mol. The lowest BCUT2D eigenvalue weighted by Gasteiger charge is -2.18. The first kappa shape index (κ1) is 22.2. The molecule has 0 aromatic heterocycles. The summed E-state index contributed by atoms with van der Waals surface area (Å²) in [5.41, 5.74) is 0. The summed E-state index contributed by atoms with van der Waals surface area (Å²) in [5, 5.41) is 0. The first-order valence-electron chi connectivity index (χ1n) is 6.90. The zero-order valence-corrected chi connectivity index (χ0v) is 15.5. The van der Waals surface area contributed by atoms with Crippen LogP contribution >= 0.6 is 0 Å². The highest BCUT2D eigenvalue weighted by Crippen LogP contribution is 2.17. The summed E-state index contributed by atoms with van der Waals surface area (Å²) in [6, 6.07) is 0. The van der Waals surface area contributed by atoms with Crippen molar-refractivity contribution in [1.82, 2.24) is 0 Å². The molecule has 0 spiro atoms. The fourth-order valence-electron chi connectivity index (χ4n) is 0.918. The Kier molecular flexibility index (Phi) is 10.9. The lowest BCUT2D eigenvalue weighted by molar-refractivity contribution is -0.119. The van der Waals surface area contributed by atoms with Gasteiger partial charge in [-0.3, -0.25) is 4.79 Å². The number of Topliss-reactive ketones (excluding diaryl/α,β-unsaturated/α-hetero) is 1. The minimum absolute atomic E-state index is 0.197. The van der Waals surface area contributed by atoms with Crippen LogP contribution in [0.4, 0.5) is 0 Å². The molecule has 0 aliphatic carbocycles. The van der Waals surface area contributed by atoms with Gasteiger partial charge in [-0.15, -0.1) is 0 Å². The first-order chi connectivity index (χ1) is 8.81. The van der Waals surface area contributed by atoms with E-state index in [9.17, 15) is 17.8 Å². The minimum atomic E-state index is -3.94. The van der Waals surface area contributed by atoms with Crippen LogP contribution in [0.3, 0.4) is 0 Å². The number of rotatable bonds is 6. The summed E-state index contributed by atoms with van der Waals surface area (Å²) in [6.07, 6.45) is 3.41. The van der Waals surface area contributed by atoms with Gasteiger partial charge in [-0.1, -0.05) is 27.2 Å². The maximum absolute atomic E-state index is 11.4. The first-order valence-corrected chi connectivity index (χ1v) is 10.3. The van der Waals surface area contributed by atoms with Crippen molar-refractivity contribution in [2.24, 2.45) is 5.92 Å². The Morgan fingerprint density at radius 3 is 1.90 bits per heavy atom. The fourth-order valence-corrected chi connectivity index (χ4v) is 2.75. The van der Waals surface area contributed by atoms with Gasteiger partial charge in [0.2, 0.25) is 0 Å². The van der Waals surface area contributed by atoms with Crippen LogP contribution in [-0.2, 0) is 25.8 Å². The number of unbranched alkanes of at least 4 members (excludes halogenated alkanes) is 1. The average Bonchev–Trinajstić information content (AvgIpc) is 2.24. The molecule has 122 valence electrons. The molecule has 0 N–H and O–H groups in total. The van der Waals surface area contributed by atoms with Gasteiger partial charge < -0.3 is 4.55 Å². The Balaban J connectivity index is 0. The molecule has 0 amide bonds. The molecule has 0 radical (unpaired) electrons. The maximum atomic E-state index is 11.4. The Bertz CT molecular complexity index is 367. The van der Waals surface area contributed by atoms with E-state index in [-0.39, 0.29) is 27.3 Å². The van der Waals surface area contributed by atoms with Crippen LogP contribution < -0.4 is 0 Å². The Hall–Kier alpha value is -0.0700. The molecule has 0 aliphatic rings. The Labute approximate surface area is 127 Å². The molecule has 0 saturated carbocycles. The van der Waals surface area contributed by atoms with Crippen molar-refractivity contribution in [2.45, 2.75) is 59.1 Å². The minimum Gasteiger partial charge on any atom is -0.748 e. The summed E-state index contributed by atoms with van der Waals surface area (Å²) >= 11 is 0. The van der Waals surface area contributed by atoms with Gasteiger partial charge in [0.25, 0.3) is 0 Å². The largest absolute Gasteiger partial charge is 0.748 e. The van der Waals surface area contributed by atoms with Crippen molar-refractivity contribution >= 4 is 26.8 Å². The molecule has 0 saturated heterocycles. The highest BCUT2D eigenvalue weighted by molar-refractivity contribution is 7.98. The van der Waals surface area contributed by atoms with Crippen LogP contribution in [0.2, 0.25) is 0 Å². The summed E-state index contributed by atoms with van der Waals surface area (Å²) in [4.78, 5) is 11.4. The second kappa shape index (κ2) is 9.79. The highest BCUT2D eigenvalue weighted by atomic mass is 32.2. The predicted molar refractivity (Wildman–Crippen MR) is 87.2 cm³/mol. The maximum Gasteiger partial charge on any atom is 0.184 e. The van der Waals surface area contributed by atoms with Crippen molar-refractivity contribution in [1.29, 1.82) is 0 Å². The van der Waals surface area contributed by atoms with Crippen LogP contribution in [0.25, 0.3) is 0 Å². The SMILES string of the molecule is CC(C)C(=O)C[S+](C)C(C)(C)C.CCCCS(=O)(=O)[O-]. The third kappa shape index (κ3) is 14.3. The van der Waals surface area contributed by atoms with Crippen LogP contribution in [0.5, 0.6) is 0 Å². The van der Waals surface area contributed by atoms with E-state index in [4.69, 9.17) is 0 Å². The number of hydrogen-bond donors (Lipinski definition) is 0. The van der Waals surface area contributed by atoms with E-state index in [0.29, 0.717) is 12.2 Å². The molecule has 0 fully saturated rings. The van der Waals surface area contributed by atoms with Crippen LogP contribution in [0, 0.1) is 5.92 Å². The summed E-state index contributed by atoms with van der Waals surface area (Å²) in [6.45, 7) is 12.4. The van der Waals surface area contributed by atoms with Gasteiger partial charge in [-0.25, -0.2) is 8.42 Å². The predicted octanol–water partition coefficient (Wildman–Crippen LogP) is 2.59. The quantitative estimate of drug-likeness (QED) is 0.555. The van der Waals surface area contributed by atoms with Gasteiger partial charge in [0.15, 0.2) is 11.5 Å². The van der Waals surface area contributed by atoms with E-state index >= 15 is 0 Å². The van der Waals surface area contributed by atoms with Gasteiger partial charge >= 0.3 is 0 Å². The lowest BCUT2D eigenvalue weighted by atomic mass is 10.1. The molecule has 0 aromatic carbocycles. The lowest BCUT2D eigenvalue weighted by Crippen LogP contribution is -2.33. The average molecular weight is 327 g/mol. The molecule has 6 heteroatoms. The second-order valence-corrected chi connectivity index (χ2v) is 10.4. The van der Waals surface area contributed by atoms with Crippen molar-refractivity contribution in [3.63, 3.8) is 0 Å². The molecule has 0 aromatic rings. The summed E-state index contributed by atoms with van der Waals surface area (Å²) < 4.78 is 29.8. The van der Waals surface area contributed by atoms with Gasteiger partial charge in [-0.2, -0.15) is 0 Å². The topological polar surface area (TPSA) is 74.3 Å². The molecule has 4 nitrogen and oxygen atoms in total. The molecule has 20 heavy (non-hydrogen) atoms. The molecular weight excluding hydrogens is 296 g/mol. The van der Waals surface area contributed by atoms with E-state index < -0.39 is 10.1 Å². The number of hydrogen-bond acceptors (Lipinski definition) is 4. The molecule has 1 unspecified atom stereocenters. The summed E-state index contributed by atoms with van der Waals surface area (Å²) in [7, 11) is -3.72. The molecule has 0 aliphatic heterocycles. The third-order valence-electron chi connectivity index (χ3n) is 2.80. The van der Waals surface area contributed by atoms with Gasteiger partial charge in [0, 0.05) is 11.7 Å². The number of ketones is 1. The number of carbonyl (C=O) groups is 1. The van der Waals surface area contributed by atoms with Gasteiger partial charge in [0.1, 0.15) is 4.75 Å². The van der Waals surface area contributed by atoms with Gasteiger partial charge in [-0.05, 0) is 38.1 Å². The van der Waals surface area contributed by atoms with E-state index in [2.05, 4.69) is 27.0 Å². The number of carbonyl (C=O) groups excluding carboxylic acids is 1. The zero-order chi connectivity index (χ0) is 16.6. The zero-order valence-electron chi connectivity index (χ0n) is 13.9. The molecule has 0 heterocycles. The fraction of sp³-hybridized carbons (Fsp3) is 0.929. The third-order valence-corrected chi connectivity index (χ3v) is 6.39. The molecule has 0 rings (SSSR count). The molecule has 1 atom stereocenters. The normalized spacial score (nSPS) is 13.7. The van der Waals surface area contributed by atoms with Crippen LogP contribution in [-0.4, -0.2) is 41.3 Å². The standard InChI is InChI=1S/C10H21OS.C4H10O3S/c1-8(2)9(11)7-12(6)10(3,4)5;1-2-3-4-8(5,6)7/h8H,7H2,1-6H3;2-4H2,1H3,(H,5,6,7)/q+1;/p-1. The van der Waals surface area contributed by atoms with E-state index in [1.807, 2.05) is 20.8 Å². The molecular formula is C14H30O4S2. The van der Waals surface area contributed by atoms with Crippen molar-refractivity contribution in [2.75, 3.05) is 17.8 Å². The second-order valence-electron chi connectivity index (χ2n) is 6.13. The Morgan fingerprint density at radius 1 is 1.25 bits per heavy atom. The van der Waals surface area contributed by atoms with E-state index in [0.717, 1.165) is 12.2 Å². The molecule has 0 bridgehead atoms. The van der Waals surface area contributed by atoms with Crippen molar-refractivity contribution < 1.29 is 17.8 Å². The van der Waals surface area contributed by atoms with E-state index in [1.165, 1.54) is 0 Å². The van der Waals surface area contributed by atoms with Crippen LogP contribution in [0.1, 0.15) is 54.4 Å². The van der Waals surface area contributed by atoms with Crippen molar-refractivity contribution in [3.8, 4) is 0 Å². The van der Waals surface area contributed by atoms with Crippen LogP contribution in [0.15, 0.2) is 0 Å².